The van der Waals surface area contributed by atoms with E-state index in [1.807, 2.05) is 27.3 Å². The monoisotopic (exact) mass is 481 g/mol. The number of thiophene rings is 1. The largest absolute Gasteiger partial charge is 0.344 e. The Morgan fingerprint density at radius 2 is 1.56 bits per heavy atom. The summed E-state index contributed by atoms with van der Waals surface area (Å²) in [7, 11) is 0. The number of nitrogens with zero attached hydrogens (tertiary/aromatic N) is 2. The third-order valence-electron chi connectivity index (χ3n) is 7.06. The molecule has 2 saturated heterocycles. The third kappa shape index (κ3) is 5.38. The van der Waals surface area contributed by atoms with Gasteiger partial charge >= 0.3 is 0 Å². The van der Waals surface area contributed by atoms with Gasteiger partial charge in [-0.15, -0.1) is 11.3 Å². The van der Waals surface area contributed by atoms with E-state index in [-0.39, 0.29) is 28.9 Å². The molecule has 2 fully saturated rings. The van der Waals surface area contributed by atoms with Crippen LogP contribution in [-0.4, -0.2) is 65.5 Å². The summed E-state index contributed by atoms with van der Waals surface area (Å²) in [6, 6.07) is 10.2. The van der Waals surface area contributed by atoms with E-state index in [0.717, 1.165) is 24.1 Å². The van der Waals surface area contributed by atoms with E-state index in [1.54, 1.807) is 35.6 Å². The second-order valence-corrected chi connectivity index (χ2v) is 10.5. The van der Waals surface area contributed by atoms with Gasteiger partial charge in [-0.25, -0.2) is 0 Å². The summed E-state index contributed by atoms with van der Waals surface area (Å²) < 4.78 is 0. The first-order chi connectivity index (χ1) is 16.3. The zero-order chi connectivity index (χ0) is 24.3. The second-order valence-electron chi connectivity index (χ2n) is 9.47. The van der Waals surface area contributed by atoms with Crippen LogP contribution < -0.4 is 5.32 Å². The average Bonchev–Trinajstić information content (AvgIpc) is 3.48. The summed E-state index contributed by atoms with van der Waals surface area (Å²) in [5.41, 5.74) is 1.21. The van der Waals surface area contributed by atoms with E-state index in [1.165, 1.54) is 13.8 Å². The first-order valence-electron chi connectivity index (χ1n) is 11.7. The van der Waals surface area contributed by atoms with Gasteiger partial charge < -0.3 is 15.1 Å². The lowest BCUT2D eigenvalue weighted by Crippen LogP contribution is -2.50. The second kappa shape index (κ2) is 10.1. The summed E-state index contributed by atoms with van der Waals surface area (Å²) in [5, 5.41) is 4.81. The SMILES string of the molecule is CC(=O)NC(Cc1cccs1)C(=O)N1CCC2(CCN(C(=O)c3ccc(C(C)=O)cc3)CC2)C1. The van der Waals surface area contributed by atoms with Crippen molar-refractivity contribution in [3.63, 3.8) is 0 Å². The highest BCUT2D eigenvalue weighted by atomic mass is 32.1. The van der Waals surface area contributed by atoms with Crippen molar-refractivity contribution in [1.82, 2.24) is 15.1 Å². The van der Waals surface area contributed by atoms with Crippen LogP contribution in [0.2, 0.25) is 0 Å². The van der Waals surface area contributed by atoms with Gasteiger partial charge in [0.25, 0.3) is 5.91 Å². The van der Waals surface area contributed by atoms with Crippen molar-refractivity contribution in [1.29, 1.82) is 0 Å². The van der Waals surface area contributed by atoms with E-state index < -0.39 is 6.04 Å². The number of amides is 3. The minimum atomic E-state index is -0.550. The fraction of sp³-hybridized carbons (Fsp3) is 0.462. The highest BCUT2D eigenvalue weighted by Crippen LogP contribution is 2.41. The van der Waals surface area contributed by atoms with E-state index in [4.69, 9.17) is 0 Å². The molecule has 0 aliphatic carbocycles. The Morgan fingerprint density at radius 1 is 0.941 bits per heavy atom. The highest BCUT2D eigenvalue weighted by molar-refractivity contribution is 7.09. The van der Waals surface area contributed by atoms with Gasteiger partial charge in [-0.2, -0.15) is 0 Å². The van der Waals surface area contributed by atoms with Crippen molar-refractivity contribution in [2.75, 3.05) is 26.2 Å². The molecular formula is C26H31N3O4S. The van der Waals surface area contributed by atoms with Gasteiger partial charge in [-0.1, -0.05) is 18.2 Å². The highest BCUT2D eigenvalue weighted by Gasteiger charge is 2.44. The molecule has 4 rings (SSSR count). The summed E-state index contributed by atoms with van der Waals surface area (Å²) in [5.74, 6) is -0.260. The van der Waals surface area contributed by atoms with Crippen LogP contribution in [0.25, 0.3) is 0 Å². The van der Waals surface area contributed by atoms with Gasteiger partial charge in [0.1, 0.15) is 6.04 Å². The van der Waals surface area contributed by atoms with Crippen molar-refractivity contribution in [3.8, 4) is 0 Å². The molecular weight excluding hydrogens is 450 g/mol. The molecule has 7 nitrogen and oxygen atoms in total. The minimum Gasteiger partial charge on any atom is -0.344 e. The van der Waals surface area contributed by atoms with Crippen molar-refractivity contribution < 1.29 is 19.2 Å². The van der Waals surface area contributed by atoms with Crippen molar-refractivity contribution in [3.05, 3.63) is 57.8 Å². The number of hydrogen-bond donors (Lipinski definition) is 1. The number of nitrogens with one attached hydrogen (secondary N) is 1. The lowest BCUT2D eigenvalue weighted by molar-refractivity contribution is -0.135. The molecule has 2 aliphatic rings. The number of likely N-dealkylation sites (tertiary alicyclic amines) is 2. The van der Waals surface area contributed by atoms with Crippen LogP contribution in [0, 0.1) is 5.41 Å². The van der Waals surface area contributed by atoms with Crippen molar-refractivity contribution in [2.45, 2.75) is 45.6 Å². The Kier molecular flexibility index (Phi) is 7.16. The Bertz CT molecular complexity index is 1060. The fourth-order valence-electron chi connectivity index (χ4n) is 5.04. The van der Waals surface area contributed by atoms with Gasteiger partial charge in [0, 0.05) is 55.5 Å². The maximum absolute atomic E-state index is 13.3. The zero-order valence-corrected chi connectivity index (χ0v) is 20.5. The molecule has 2 aliphatic heterocycles. The van der Waals surface area contributed by atoms with Gasteiger partial charge in [0.15, 0.2) is 5.78 Å². The predicted molar refractivity (Wildman–Crippen MR) is 131 cm³/mol. The predicted octanol–water partition coefficient (Wildman–Crippen LogP) is 3.15. The fourth-order valence-corrected chi connectivity index (χ4v) is 5.79. The lowest BCUT2D eigenvalue weighted by Gasteiger charge is -2.39. The lowest BCUT2D eigenvalue weighted by atomic mass is 9.77. The van der Waals surface area contributed by atoms with E-state index in [0.29, 0.717) is 43.7 Å². The Balaban J connectivity index is 1.35. The maximum Gasteiger partial charge on any atom is 0.253 e. The molecule has 1 atom stereocenters. The van der Waals surface area contributed by atoms with Gasteiger partial charge in [0.2, 0.25) is 11.8 Å². The number of Topliss-reactive ketones (excluding diaryl/α,β-unsaturated/α-hetero) is 1. The molecule has 1 spiro atoms. The summed E-state index contributed by atoms with van der Waals surface area (Å²) in [6.45, 7) is 5.61. The molecule has 3 heterocycles. The molecule has 1 aromatic carbocycles. The van der Waals surface area contributed by atoms with Gasteiger partial charge in [-0.05, 0) is 55.2 Å². The molecule has 1 unspecified atom stereocenters. The van der Waals surface area contributed by atoms with Crippen LogP contribution in [0.4, 0.5) is 0 Å². The summed E-state index contributed by atoms with van der Waals surface area (Å²) in [4.78, 5) is 54.3. The number of rotatable bonds is 6. The first kappa shape index (κ1) is 24.1. The molecule has 8 heteroatoms. The quantitative estimate of drug-likeness (QED) is 0.642. The third-order valence-corrected chi connectivity index (χ3v) is 7.96. The maximum atomic E-state index is 13.3. The molecule has 1 N–H and O–H groups in total. The number of benzene rings is 1. The zero-order valence-electron chi connectivity index (χ0n) is 19.7. The number of ketones is 1. The van der Waals surface area contributed by atoms with E-state index >= 15 is 0 Å². The topological polar surface area (TPSA) is 86.8 Å². The van der Waals surface area contributed by atoms with E-state index in [2.05, 4.69) is 5.32 Å². The standard InChI is InChI=1S/C26H31N3O4S/c1-18(30)20-5-7-21(8-6-20)24(32)28-12-9-26(10-13-28)11-14-29(17-26)25(33)23(27-19(2)31)16-22-4-3-15-34-22/h3-8,15,23H,9-14,16-17H2,1-2H3,(H,27,31). The van der Waals surface area contributed by atoms with Crippen molar-refractivity contribution in [2.24, 2.45) is 5.41 Å². The molecule has 3 amide bonds. The first-order valence-corrected chi connectivity index (χ1v) is 12.6. The summed E-state index contributed by atoms with van der Waals surface area (Å²) >= 11 is 1.59. The number of hydrogen-bond acceptors (Lipinski definition) is 5. The Hall–Kier alpha value is -3.00. The van der Waals surface area contributed by atoms with E-state index in [9.17, 15) is 19.2 Å². The number of carbonyl (C=O) groups excluding carboxylic acids is 4. The van der Waals surface area contributed by atoms with Crippen LogP contribution >= 0.6 is 11.3 Å². The Morgan fingerprint density at radius 3 is 2.12 bits per heavy atom. The van der Waals surface area contributed by atoms with Crippen LogP contribution in [0.1, 0.15) is 58.7 Å². The van der Waals surface area contributed by atoms with Gasteiger partial charge in [-0.3, -0.25) is 19.2 Å². The molecule has 34 heavy (non-hydrogen) atoms. The molecule has 2 aromatic rings. The number of piperidine rings is 1. The molecule has 180 valence electrons. The van der Waals surface area contributed by atoms with Crippen LogP contribution in [0.15, 0.2) is 41.8 Å². The molecule has 0 radical (unpaired) electrons. The van der Waals surface area contributed by atoms with Crippen molar-refractivity contribution >= 4 is 34.8 Å². The van der Waals surface area contributed by atoms with Gasteiger partial charge in [0.05, 0.1) is 0 Å². The average molecular weight is 482 g/mol. The number of carbonyl (C=O) groups is 4. The van der Waals surface area contributed by atoms with Crippen LogP contribution in [0.3, 0.4) is 0 Å². The molecule has 0 saturated carbocycles. The smallest absolute Gasteiger partial charge is 0.253 e. The molecule has 0 bridgehead atoms. The summed E-state index contributed by atoms with van der Waals surface area (Å²) in [6.07, 6.45) is 3.12. The normalized spacial score (nSPS) is 18.1. The Labute approximate surface area is 204 Å². The minimum absolute atomic E-state index is 0.0162. The van der Waals surface area contributed by atoms with Crippen LogP contribution in [0.5, 0.6) is 0 Å². The molecule has 1 aromatic heterocycles. The van der Waals surface area contributed by atoms with Crippen LogP contribution in [-0.2, 0) is 16.0 Å².